The number of rotatable bonds is 26. The smallest absolute Gasteiger partial charge is 0.390 e. The number of nitrogen functional groups attached to an aromatic ring is 3. The quantitative estimate of drug-likeness (QED) is 0.0241. The molecule has 0 spiro atoms. The molecule has 6 unspecified atom stereocenters. The molecule has 8 aromatic heterocycles. The number of aryl methyl sites for hydroxylation is 1. The number of hydrogen-bond donors (Lipinski definition) is 13. The van der Waals surface area contributed by atoms with Crippen molar-refractivity contribution in [2.45, 2.75) is 160 Å². The Balaban J connectivity index is 0.000000191. The fraction of sp³-hybridized carbons (Fsp3) is 0.634. The van der Waals surface area contributed by atoms with Gasteiger partial charge in [0, 0.05) is 266 Å². The van der Waals surface area contributed by atoms with Gasteiger partial charge >= 0.3 is 28.9 Å². The van der Waals surface area contributed by atoms with Crippen molar-refractivity contribution in [1.29, 1.82) is 0 Å². The van der Waals surface area contributed by atoms with Crippen LogP contribution in [0.3, 0.4) is 0 Å². The minimum absolute atomic E-state index is 0. The monoisotopic (exact) mass is 2690 g/mol. The number of anilines is 3. The van der Waals surface area contributed by atoms with Crippen LogP contribution in [0.25, 0.3) is 22.3 Å². The van der Waals surface area contributed by atoms with Crippen LogP contribution in [0.5, 0.6) is 5.88 Å². The van der Waals surface area contributed by atoms with Crippen molar-refractivity contribution in [3.05, 3.63) is 144 Å². The molecule has 6 radical (unpaired) electrons. The number of ether oxygens (including phenoxy) is 13. The fourth-order valence-electron chi connectivity index (χ4n) is 17.0. The predicted molar refractivity (Wildman–Crippen MR) is 496 cm³/mol. The van der Waals surface area contributed by atoms with Gasteiger partial charge in [0.25, 0.3) is 22.2 Å². The number of thiol groups is 5. The zero-order chi connectivity index (χ0) is 99.9. The third kappa shape index (κ3) is 26.0. The largest absolute Gasteiger partial charge is 0.476 e. The Kier molecular flexibility index (Phi) is 46.0. The van der Waals surface area contributed by atoms with E-state index in [-0.39, 0.29) is 323 Å². The number of aliphatic hydroxyl groups is 1. The van der Waals surface area contributed by atoms with Crippen molar-refractivity contribution in [2.75, 3.05) is 136 Å². The summed E-state index contributed by atoms with van der Waals surface area (Å²) in [6, 6.07) is 2.75. The molecular weight excluding hydrogens is 2600 g/mol. The summed E-state index contributed by atoms with van der Waals surface area (Å²) in [5.41, 5.74) is 6.33. The second-order valence-corrected chi connectivity index (χ2v) is 43.6. The molecule has 0 aliphatic carbocycles. The van der Waals surface area contributed by atoms with Crippen molar-refractivity contribution in [3.8, 4) is 5.88 Å². The van der Waals surface area contributed by atoms with Crippen LogP contribution in [0.1, 0.15) is 49.9 Å². The predicted octanol–water partition coefficient (Wildman–Crippen LogP) is -0.452. The minimum Gasteiger partial charge on any atom is -0.476 e. The third-order valence-electron chi connectivity index (χ3n) is 23.9. The first-order valence-corrected chi connectivity index (χ1v) is 55.1. The zero-order valence-corrected chi connectivity index (χ0v) is 104. The van der Waals surface area contributed by atoms with Crippen molar-refractivity contribution in [3.63, 3.8) is 0 Å². The first-order valence-electron chi connectivity index (χ1n) is 41.6. The maximum atomic E-state index is 14.4. The van der Waals surface area contributed by atoms with E-state index in [2.05, 4.69) is 108 Å². The van der Waals surface area contributed by atoms with Crippen LogP contribution in [0.2, 0.25) is 0 Å². The van der Waals surface area contributed by atoms with Gasteiger partial charge in [-0.15, -0.1) is 0 Å². The summed E-state index contributed by atoms with van der Waals surface area (Å²) in [7, 11) is -13.1. The number of alkyl halides is 2. The summed E-state index contributed by atoms with van der Waals surface area (Å²) in [5.74, 6) is -0.962. The van der Waals surface area contributed by atoms with E-state index in [1.807, 2.05) is 4.98 Å². The molecule has 778 valence electrons. The topological polar surface area (TPSA) is 683 Å². The van der Waals surface area contributed by atoms with Gasteiger partial charge in [0.05, 0.1) is 124 Å². The Morgan fingerprint density at radius 3 is 1.22 bits per heavy atom. The van der Waals surface area contributed by atoms with Gasteiger partial charge in [-0.05, 0) is 19.9 Å². The first-order chi connectivity index (χ1) is 65.1. The van der Waals surface area contributed by atoms with Crippen LogP contribution >= 0.6 is 111 Å². The third-order valence-corrected chi connectivity index (χ3v) is 31.0. The molecule has 12 fully saturated rings. The van der Waals surface area contributed by atoms with Crippen LogP contribution in [0.15, 0.2) is 87.9 Å². The summed E-state index contributed by atoms with van der Waals surface area (Å²) < 4.78 is 222. The Morgan fingerprint density at radius 1 is 0.444 bits per heavy atom. The molecular formula is C71H96F3N19O34P6S5Y6. The van der Waals surface area contributed by atoms with Gasteiger partial charge in [-0.2, -0.15) is 96.3 Å². The van der Waals surface area contributed by atoms with Crippen LogP contribution in [-0.2, 0) is 308 Å². The molecule has 0 saturated carbocycles. The van der Waals surface area contributed by atoms with E-state index in [1.54, 1.807) is 18.4 Å². The molecule has 20 rings (SSSR count). The van der Waals surface area contributed by atoms with Crippen LogP contribution in [-0.4, -0.2) is 310 Å². The van der Waals surface area contributed by atoms with Crippen molar-refractivity contribution >= 4 is 151 Å². The molecule has 0 amide bonds. The van der Waals surface area contributed by atoms with Gasteiger partial charge < -0.3 is 111 Å². The number of halogens is 3. The van der Waals surface area contributed by atoms with E-state index in [1.165, 1.54) is 102 Å². The average molecular weight is 2700 g/mol. The summed E-state index contributed by atoms with van der Waals surface area (Å²) >= 11 is 22.5. The number of nitrogens with zero attached hydrogens (tertiary/aromatic N) is 12. The van der Waals surface area contributed by atoms with Crippen LogP contribution in [0, 0.1) is 12.7 Å². The maximum Gasteiger partial charge on any atom is 0.390 e. The number of hydrogen-bond acceptors (Lipinski definition) is 48. The summed E-state index contributed by atoms with van der Waals surface area (Å²) in [6.07, 6.45) is -6.29. The number of fused-ring (bicyclic) bond motifs is 14. The molecule has 11 N–H and O–H groups in total. The van der Waals surface area contributed by atoms with Gasteiger partial charge in [0.2, 0.25) is 29.2 Å². The fourth-order valence-corrected chi connectivity index (χ4v) is 21.9. The number of nitrogens with two attached hydrogens (primary N) is 3. The zero-order valence-electron chi connectivity index (χ0n) is 76.8. The molecule has 53 nitrogen and oxygen atoms in total. The number of aromatic amines is 4. The summed E-state index contributed by atoms with van der Waals surface area (Å²) in [6.45, 7) is 13.2. The molecule has 144 heavy (non-hydrogen) atoms. The van der Waals surface area contributed by atoms with Gasteiger partial charge in [-0.25, -0.2) is 29.1 Å². The van der Waals surface area contributed by atoms with Crippen molar-refractivity contribution in [1.82, 2.24) is 77.2 Å². The molecule has 12 aliphatic rings. The van der Waals surface area contributed by atoms with Crippen molar-refractivity contribution < 1.29 is 331 Å². The number of aliphatic hydroxyl groups excluding tert-OH is 1. The first kappa shape index (κ1) is 127. The standard InChI is InChI=1S/C14H18F2N5O6P.C12H16N5O5PS.C12H17N2O6PS.C11H14FN2O6PS.C11H16N3O5PS.C11H15N2O6PS.6Y/c1-3-24-10-6-9(19-12(17)20-10)21(5-18-6)11-7-8(22)13(27-11,4-25-28(2)23)14(15,16)26-7;1-23(19)21-3-12-2-20-6(7(12)24)10(22-12)17-4-14-5-8(17)15-11(13)16-9(5)18;1-6-3-14(11(16)13-9(6)15)10-7-8(22)12(20-10,4-18-7)5-19-21(2)17;1-21(17)19-4-11-3-18-6(7(11)22)9(20-11)14-2-5(12)8(15)13-10(14)16;1-20(16)18-5-11-4-17-7(8(11)21)9(19-11)14-3-2-6(12)13-10(14)15;1-20(16)18-5-11-4-17-7(8(11)21)9(19-11)13-3-2-6(14)12-10(13)15;;;;;;/h5,7-8,11,22,28H,3-4H2,1-2H3,(H2,17,19,20);4,6-7,10,23-24H,2-3H2,1H3,(H3,13,15,16,18);3,7-8,10,21-22H,4-5H2,1-2H3,(H,13,15,16);2,6-7,9,21-22H,3-4H2,1H3,(H,13,15,16);2-3,7-9,20-21H,4-5H2,1H3,(H2,12,13,15);2-3,7-9,20-21H,4-5H2,1H3,(H,12,14,15);;;;;;/t7-,8+,11-,13-;6-,7+,10-,12-;7-,8+,10-,12-;6-,7+,9-,11-;2*7-,8+,9-,11-;;;;;;/m111111....../s1. The number of imidazole rings is 2. The van der Waals surface area contributed by atoms with Crippen LogP contribution < -0.4 is 66.9 Å². The van der Waals surface area contributed by atoms with Gasteiger partial charge in [0.1, 0.15) is 76.6 Å². The molecule has 8 aromatic rings. The molecule has 12 saturated heterocycles. The number of aromatic nitrogens is 16. The Morgan fingerprint density at radius 2 is 0.806 bits per heavy atom. The molecule has 20 heterocycles. The summed E-state index contributed by atoms with van der Waals surface area (Å²) in [4.78, 5) is 126. The minimum atomic E-state index is -3.84. The Bertz CT molecular complexity index is 6530. The second-order valence-electron chi connectivity index (χ2n) is 33.2. The Hall–Kier alpha value is -0.197. The van der Waals surface area contributed by atoms with E-state index in [4.69, 9.17) is 106 Å². The molecule has 12 bridgehead atoms. The second kappa shape index (κ2) is 52.1. The van der Waals surface area contributed by atoms with Gasteiger partial charge in [-0.3, -0.25) is 93.9 Å². The SMILES string of the molecule is CCOc1nc(N)nc2c1ncn2[C@@H]1O[C@]2(CO[PH](C)=O)[C@@H](O)[C@H]1OC2(F)F.C[PH](=O)OC[C@@]12CO[C@@H]([C@H](n3cc(F)c(=O)[nH]c3=O)O1)[C@@H]2S.C[PH](=O)OC[C@@]12CO[C@@H]([C@H](n3ccc(=O)[nH]c3=O)O1)[C@@H]2S.C[PH](=O)OC[C@@]12CO[C@@H]([C@H](n3ccc(N)nc3=O)O1)[C@@H]2S.C[PH](=O)OC[C@@]12CO[C@@H]([C@H](n3cnc4c(=O)[nH]c(N)nc43)O1)[C@@H]2S.Cc1cn([C@@H]2O[C@@]3(CO[PH](C)=O)CO[C@@H]2[C@@H]3S)c(=O)[nH]c1=O.[Y].[Y].[Y].[Y].[Y].[Y]. The van der Waals surface area contributed by atoms with E-state index >= 15 is 0 Å². The molecule has 12 aliphatic heterocycles. The molecule has 30 atom stereocenters. The van der Waals surface area contributed by atoms with E-state index in [9.17, 15) is 84.0 Å². The average Bonchev–Trinajstić information content (AvgIpc) is 1.53. The number of H-pyrrole nitrogens is 4. The van der Waals surface area contributed by atoms with E-state index in [0.717, 1.165) is 10.8 Å². The normalized spacial score (nSPS) is 33.0. The maximum absolute atomic E-state index is 14.4. The van der Waals surface area contributed by atoms with Gasteiger partial charge in [-0.1, -0.05) is 0 Å². The van der Waals surface area contributed by atoms with E-state index in [0.29, 0.717) is 24.4 Å². The molecule has 0 aromatic carbocycles. The van der Waals surface area contributed by atoms with Crippen LogP contribution in [0.4, 0.5) is 30.9 Å². The Labute approximate surface area is 993 Å². The van der Waals surface area contributed by atoms with Gasteiger partial charge in [0.15, 0.2) is 108 Å². The summed E-state index contributed by atoms with van der Waals surface area (Å²) in [5, 5.41) is 8.80. The van der Waals surface area contributed by atoms with E-state index < -0.39 is 225 Å². The van der Waals surface area contributed by atoms with Crippen molar-refractivity contribution in [2.24, 2.45) is 0 Å². The number of nitrogens with one attached hydrogen (secondary N) is 4. The molecule has 73 heteroatoms.